The van der Waals surface area contributed by atoms with Gasteiger partial charge >= 0.3 is 0 Å². The highest BCUT2D eigenvalue weighted by Crippen LogP contribution is 2.28. The van der Waals surface area contributed by atoms with Crippen molar-refractivity contribution in [1.29, 1.82) is 0 Å². The second kappa shape index (κ2) is 13.3. The van der Waals surface area contributed by atoms with Crippen LogP contribution in [0.3, 0.4) is 0 Å². The Morgan fingerprint density at radius 2 is 1.03 bits per heavy atom. The summed E-state index contributed by atoms with van der Waals surface area (Å²) >= 11 is 0. The SMILES string of the molecule is CCCCCCCCc1ccc(-c2ccc(CCc3ccc(CCC)cc3)cc2)c(F)c1F. The Hall–Kier alpha value is -2.48. The van der Waals surface area contributed by atoms with Gasteiger partial charge in [0.1, 0.15) is 0 Å². The largest absolute Gasteiger partial charge is 0.203 e. The van der Waals surface area contributed by atoms with E-state index >= 15 is 0 Å². The molecule has 0 saturated heterocycles. The van der Waals surface area contributed by atoms with Crippen molar-refractivity contribution in [2.75, 3.05) is 0 Å². The normalized spacial score (nSPS) is 11.2. The predicted octanol–water partition coefficient (Wildman–Crippen LogP) is 9.27. The van der Waals surface area contributed by atoms with Crippen LogP contribution in [0.4, 0.5) is 8.78 Å². The summed E-state index contributed by atoms with van der Waals surface area (Å²) in [5.74, 6) is -1.41. The Balaban J connectivity index is 1.56. The van der Waals surface area contributed by atoms with Gasteiger partial charge in [0.2, 0.25) is 0 Å². The van der Waals surface area contributed by atoms with Gasteiger partial charge in [0, 0.05) is 5.56 Å². The molecule has 0 heterocycles. The van der Waals surface area contributed by atoms with Crippen molar-refractivity contribution in [3.63, 3.8) is 0 Å². The van der Waals surface area contributed by atoms with Crippen LogP contribution in [-0.2, 0) is 25.7 Å². The lowest BCUT2D eigenvalue weighted by Crippen LogP contribution is -1.98. The third-order valence-corrected chi connectivity index (χ3v) is 6.49. The van der Waals surface area contributed by atoms with Crippen LogP contribution in [0.1, 0.15) is 81.0 Å². The fourth-order valence-electron chi connectivity index (χ4n) is 4.40. The topological polar surface area (TPSA) is 0 Å². The average Bonchev–Trinajstić information content (AvgIpc) is 2.84. The highest BCUT2D eigenvalue weighted by Gasteiger charge is 2.14. The number of unbranched alkanes of at least 4 members (excludes halogenated alkanes) is 5. The van der Waals surface area contributed by atoms with Gasteiger partial charge < -0.3 is 0 Å². The van der Waals surface area contributed by atoms with Crippen molar-refractivity contribution in [2.45, 2.75) is 84.5 Å². The first-order chi connectivity index (χ1) is 16.1. The summed E-state index contributed by atoms with van der Waals surface area (Å²) in [5.41, 5.74) is 5.48. The average molecular weight is 449 g/mol. The van der Waals surface area contributed by atoms with Gasteiger partial charge in [0.15, 0.2) is 11.6 Å². The van der Waals surface area contributed by atoms with Crippen LogP contribution in [0.25, 0.3) is 11.1 Å². The summed E-state index contributed by atoms with van der Waals surface area (Å²) < 4.78 is 29.5. The molecule has 0 radical (unpaired) electrons. The first kappa shape index (κ1) is 25.1. The zero-order valence-corrected chi connectivity index (χ0v) is 20.3. The van der Waals surface area contributed by atoms with Gasteiger partial charge in [0.25, 0.3) is 0 Å². The molecule has 33 heavy (non-hydrogen) atoms. The molecule has 0 bridgehead atoms. The van der Waals surface area contributed by atoms with Crippen LogP contribution < -0.4 is 0 Å². The Kier molecular flexibility index (Phi) is 10.1. The molecule has 0 aliphatic rings. The van der Waals surface area contributed by atoms with Gasteiger partial charge in [-0.3, -0.25) is 0 Å². The van der Waals surface area contributed by atoms with Crippen molar-refractivity contribution in [3.05, 3.63) is 94.6 Å². The van der Waals surface area contributed by atoms with E-state index in [9.17, 15) is 8.78 Å². The standard InChI is InChI=1S/C31H38F2/c1-3-5-6-7-8-9-11-28-22-23-29(31(33)30(28)32)27-20-18-26(19-21-27)17-16-25-14-12-24(10-4-2)13-15-25/h12-15,18-23H,3-11,16-17H2,1-2H3. The summed E-state index contributed by atoms with van der Waals surface area (Å²) in [6, 6.07) is 20.2. The molecule has 3 aromatic rings. The molecule has 3 rings (SSSR count). The molecule has 0 nitrogen and oxygen atoms in total. The molecular formula is C31H38F2. The second-order valence-electron chi connectivity index (χ2n) is 9.18. The van der Waals surface area contributed by atoms with Crippen molar-refractivity contribution >= 4 is 0 Å². The van der Waals surface area contributed by atoms with Crippen LogP contribution in [0.15, 0.2) is 60.7 Å². The molecule has 0 amide bonds. The molecule has 3 aromatic carbocycles. The minimum atomic E-state index is -0.724. The molecule has 176 valence electrons. The summed E-state index contributed by atoms with van der Waals surface area (Å²) in [6.07, 6.45) is 11.7. The maximum absolute atomic E-state index is 14.8. The van der Waals surface area contributed by atoms with E-state index < -0.39 is 11.6 Å². The minimum Gasteiger partial charge on any atom is -0.203 e. The van der Waals surface area contributed by atoms with E-state index in [2.05, 4.69) is 38.1 Å². The van der Waals surface area contributed by atoms with Crippen molar-refractivity contribution < 1.29 is 8.78 Å². The van der Waals surface area contributed by atoms with E-state index in [-0.39, 0.29) is 0 Å². The summed E-state index contributed by atoms with van der Waals surface area (Å²) in [5, 5.41) is 0. The highest BCUT2D eigenvalue weighted by atomic mass is 19.2. The van der Waals surface area contributed by atoms with E-state index in [1.165, 1.54) is 42.4 Å². The molecule has 0 unspecified atom stereocenters. The molecule has 0 aliphatic heterocycles. The van der Waals surface area contributed by atoms with Crippen LogP contribution in [0.2, 0.25) is 0 Å². The van der Waals surface area contributed by atoms with Gasteiger partial charge in [0.05, 0.1) is 0 Å². The number of benzene rings is 3. The van der Waals surface area contributed by atoms with Crippen LogP contribution in [0.5, 0.6) is 0 Å². The van der Waals surface area contributed by atoms with E-state index in [0.29, 0.717) is 17.5 Å². The zero-order valence-electron chi connectivity index (χ0n) is 20.3. The molecule has 0 aliphatic carbocycles. The molecule has 0 N–H and O–H groups in total. The molecule has 0 spiro atoms. The minimum absolute atomic E-state index is 0.345. The predicted molar refractivity (Wildman–Crippen MR) is 137 cm³/mol. The number of aryl methyl sites for hydroxylation is 4. The van der Waals surface area contributed by atoms with Gasteiger partial charge in [-0.25, -0.2) is 8.78 Å². The molecule has 0 atom stereocenters. The Bertz CT molecular complexity index is 971. The van der Waals surface area contributed by atoms with Crippen molar-refractivity contribution in [3.8, 4) is 11.1 Å². The Morgan fingerprint density at radius 3 is 1.64 bits per heavy atom. The first-order valence-corrected chi connectivity index (χ1v) is 12.8. The number of hydrogen-bond donors (Lipinski definition) is 0. The zero-order chi connectivity index (χ0) is 23.5. The van der Waals surface area contributed by atoms with Gasteiger partial charge in [-0.2, -0.15) is 0 Å². The highest BCUT2D eigenvalue weighted by molar-refractivity contribution is 5.65. The fraction of sp³-hybridized carbons (Fsp3) is 0.419. The lowest BCUT2D eigenvalue weighted by atomic mass is 9.97. The Morgan fingerprint density at radius 1 is 0.485 bits per heavy atom. The molecule has 2 heteroatoms. The maximum Gasteiger partial charge on any atom is 0.166 e. The maximum atomic E-state index is 14.8. The summed E-state index contributed by atoms with van der Waals surface area (Å²) in [7, 11) is 0. The third kappa shape index (κ3) is 7.52. The second-order valence-corrected chi connectivity index (χ2v) is 9.18. The molecule has 0 fully saturated rings. The van der Waals surface area contributed by atoms with E-state index in [1.807, 2.05) is 24.3 Å². The number of halogens is 2. The monoisotopic (exact) mass is 448 g/mol. The lowest BCUT2D eigenvalue weighted by molar-refractivity contribution is 0.497. The number of hydrogen-bond acceptors (Lipinski definition) is 0. The van der Waals surface area contributed by atoms with E-state index in [1.54, 1.807) is 12.1 Å². The van der Waals surface area contributed by atoms with E-state index in [4.69, 9.17) is 0 Å². The van der Waals surface area contributed by atoms with Crippen molar-refractivity contribution in [1.82, 2.24) is 0 Å². The smallest absolute Gasteiger partial charge is 0.166 e. The van der Waals surface area contributed by atoms with Crippen LogP contribution in [-0.4, -0.2) is 0 Å². The van der Waals surface area contributed by atoms with Gasteiger partial charge in [-0.15, -0.1) is 0 Å². The van der Waals surface area contributed by atoms with Crippen LogP contribution >= 0.6 is 0 Å². The lowest BCUT2D eigenvalue weighted by Gasteiger charge is -2.10. The quantitative estimate of drug-likeness (QED) is 0.229. The Labute approximate surface area is 199 Å². The summed E-state index contributed by atoms with van der Waals surface area (Å²) in [4.78, 5) is 0. The third-order valence-electron chi connectivity index (χ3n) is 6.49. The van der Waals surface area contributed by atoms with Gasteiger partial charge in [-0.1, -0.05) is 113 Å². The molecular weight excluding hydrogens is 410 g/mol. The van der Waals surface area contributed by atoms with Crippen LogP contribution in [0, 0.1) is 11.6 Å². The molecule has 0 aromatic heterocycles. The van der Waals surface area contributed by atoms with Crippen molar-refractivity contribution in [2.24, 2.45) is 0 Å². The van der Waals surface area contributed by atoms with E-state index in [0.717, 1.165) is 44.1 Å². The molecule has 0 saturated carbocycles. The fourth-order valence-corrected chi connectivity index (χ4v) is 4.40. The summed E-state index contributed by atoms with van der Waals surface area (Å²) in [6.45, 7) is 4.39. The first-order valence-electron chi connectivity index (χ1n) is 12.8. The van der Waals surface area contributed by atoms with Gasteiger partial charge in [-0.05, 0) is 59.9 Å². The number of rotatable bonds is 13.